The Morgan fingerprint density at radius 3 is 2.61 bits per heavy atom. The molecule has 1 heterocycles. The summed E-state index contributed by atoms with van der Waals surface area (Å²) in [6, 6.07) is 13.2. The summed E-state index contributed by atoms with van der Waals surface area (Å²) in [5.41, 5.74) is 3.02. The highest BCUT2D eigenvalue weighted by Gasteiger charge is 2.15. The van der Waals surface area contributed by atoms with Gasteiger partial charge in [-0.05, 0) is 36.2 Å². The van der Waals surface area contributed by atoms with Crippen LogP contribution in [0.25, 0.3) is 11.3 Å². The molecule has 28 heavy (non-hydrogen) atoms. The van der Waals surface area contributed by atoms with Crippen LogP contribution in [0.3, 0.4) is 0 Å². The molecule has 1 aromatic heterocycles. The van der Waals surface area contributed by atoms with Crippen molar-refractivity contribution in [3.05, 3.63) is 59.8 Å². The smallest absolute Gasteiger partial charge is 0.255 e. The van der Waals surface area contributed by atoms with E-state index in [1.807, 2.05) is 42.5 Å². The molecule has 0 unspecified atom stereocenters. The van der Waals surface area contributed by atoms with E-state index in [0.717, 1.165) is 11.1 Å². The van der Waals surface area contributed by atoms with Crippen molar-refractivity contribution in [1.82, 2.24) is 15.5 Å². The Hall–Kier alpha value is -3.48. The third-order valence-electron chi connectivity index (χ3n) is 4.39. The summed E-state index contributed by atoms with van der Waals surface area (Å²) < 4.78 is 15.8. The molecule has 7 nitrogen and oxygen atoms in total. The lowest BCUT2D eigenvalue weighted by atomic mass is 10.1. The van der Waals surface area contributed by atoms with Gasteiger partial charge in [0.2, 0.25) is 0 Å². The molecule has 7 heteroatoms. The molecule has 0 saturated heterocycles. The molecular formula is C21H23N3O4. The first-order valence-electron chi connectivity index (χ1n) is 8.83. The lowest BCUT2D eigenvalue weighted by molar-refractivity contribution is 0.0955. The number of aromatic nitrogens is 2. The first-order valence-corrected chi connectivity index (χ1v) is 8.83. The van der Waals surface area contributed by atoms with Gasteiger partial charge in [-0.15, -0.1) is 0 Å². The Morgan fingerprint density at radius 1 is 1.04 bits per heavy atom. The SMILES string of the molecule is COc1cccc(-c2[nH]ncc2C(=O)NCCc2ccc(OC)c(OC)c2)c1. The molecule has 0 saturated carbocycles. The molecule has 3 aromatic rings. The number of nitrogens with one attached hydrogen (secondary N) is 2. The second-order valence-electron chi connectivity index (χ2n) is 6.09. The van der Waals surface area contributed by atoms with Crippen LogP contribution < -0.4 is 19.5 Å². The van der Waals surface area contributed by atoms with Gasteiger partial charge in [0.25, 0.3) is 5.91 Å². The predicted molar refractivity (Wildman–Crippen MR) is 106 cm³/mol. The Morgan fingerprint density at radius 2 is 1.86 bits per heavy atom. The number of nitrogens with zero attached hydrogens (tertiary/aromatic N) is 1. The van der Waals surface area contributed by atoms with Crippen molar-refractivity contribution < 1.29 is 19.0 Å². The zero-order valence-corrected chi connectivity index (χ0v) is 16.1. The van der Waals surface area contributed by atoms with Crippen LogP contribution in [0.2, 0.25) is 0 Å². The molecule has 0 fully saturated rings. The minimum atomic E-state index is -0.188. The normalized spacial score (nSPS) is 10.4. The molecule has 146 valence electrons. The van der Waals surface area contributed by atoms with Crippen molar-refractivity contribution in [2.75, 3.05) is 27.9 Å². The number of amides is 1. The van der Waals surface area contributed by atoms with E-state index in [1.165, 1.54) is 6.20 Å². The molecule has 0 spiro atoms. The molecule has 0 atom stereocenters. The molecule has 0 aliphatic heterocycles. The number of hydrogen-bond acceptors (Lipinski definition) is 5. The maximum Gasteiger partial charge on any atom is 0.255 e. The highest BCUT2D eigenvalue weighted by Crippen LogP contribution is 2.28. The monoisotopic (exact) mass is 381 g/mol. The van der Waals surface area contributed by atoms with Crippen LogP contribution >= 0.6 is 0 Å². The molecule has 0 bridgehead atoms. The highest BCUT2D eigenvalue weighted by atomic mass is 16.5. The van der Waals surface area contributed by atoms with Crippen molar-refractivity contribution in [2.45, 2.75) is 6.42 Å². The van der Waals surface area contributed by atoms with Crippen LogP contribution in [-0.4, -0.2) is 44.0 Å². The number of aromatic amines is 1. The quantitative estimate of drug-likeness (QED) is 0.626. The van der Waals surface area contributed by atoms with E-state index in [9.17, 15) is 4.79 Å². The number of rotatable bonds is 8. The van der Waals surface area contributed by atoms with Crippen molar-refractivity contribution >= 4 is 5.91 Å². The third kappa shape index (κ3) is 4.25. The van der Waals surface area contributed by atoms with Crippen LogP contribution in [0, 0.1) is 0 Å². The summed E-state index contributed by atoms with van der Waals surface area (Å²) in [7, 11) is 4.80. The van der Waals surface area contributed by atoms with E-state index in [-0.39, 0.29) is 5.91 Å². The van der Waals surface area contributed by atoms with Gasteiger partial charge in [-0.3, -0.25) is 9.89 Å². The number of ether oxygens (including phenoxy) is 3. The number of benzene rings is 2. The molecule has 1 amide bonds. The van der Waals surface area contributed by atoms with Gasteiger partial charge in [0.15, 0.2) is 11.5 Å². The molecule has 2 aromatic carbocycles. The van der Waals surface area contributed by atoms with E-state index in [0.29, 0.717) is 41.5 Å². The molecule has 0 radical (unpaired) electrons. The largest absolute Gasteiger partial charge is 0.497 e. The fraction of sp³-hybridized carbons (Fsp3) is 0.238. The van der Waals surface area contributed by atoms with E-state index in [2.05, 4.69) is 15.5 Å². The Kier molecular flexibility index (Phi) is 6.16. The average Bonchev–Trinajstić information content (AvgIpc) is 3.23. The van der Waals surface area contributed by atoms with Crippen molar-refractivity contribution in [1.29, 1.82) is 0 Å². The van der Waals surface area contributed by atoms with Gasteiger partial charge in [-0.25, -0.2) is 0 Å². The van der Waals surface area contributed by atoms with Gasteiger partial charge in [0.05, 0.1) is 38.8 Å². The summed E-state index contributed by atoms with van der Waals surface area (Å²) >= 11 is 0. The van der Waals surface area contributed by atoms with E-state index >= 15 is 0 Å². The lowest BCUT2D eigenvalue weighted by Crippen LogP contribution is -2.25. The zero-order chi connectivity index (χ0) is 19.9. The summed E-state index contributed by atoms with van der Waals surface area (Å²) in [5, 5.41) is 9.86. The highest BCUT2D eigenvalue weighted by molar-refractivity contribution is 5.99. The summed E-state index contributed by atoms with van der Waals surface area (Å²) in [4.78, 5) is 12.6. The first-order chi connectivity index (χ1) is 13.7. The minimum absolute atomic E-state index is 0.188. The van der Waals surface area contributed by atoms with Gasteiger partial charge in [-0.2, -0.15) is 5.10 Å². The van der Waals surface area contributed by atoms with Crippen molar-refractivity contribution in [2.24, 2.45) is 0 Å². The van der Waals surface area contributed by atoms with Crippen molar-refractivity contribution in [3.63, 3.8) is 0 Å². The zero-order valence-electron chi connectivity index (χ0n) is 16.1. The molecular weight excluding hydrogens is 358 g/mol. The fourth-order valence-electron chi connectivity index (χ4n) is 2.91. The van der Waals surface area contributed by atoms with Gasteiger partial charge >= 0.3 is 0 Å². The second kappa shape index (κ2) is 8.94. The predicted octanol–water partition coefficient (Wildman–Crippen LogP) is 3.08. The summed E-state index contributed by atoms with van der Waals surface area (Å²) in [5.74, 6) is 1.87. The summed E-state index contributed by atoms with van der Waals surface area (Å²) in [6.45, 7) is 0.483. The number of H-pyrrole nitrogens is 1. The van der Waals surface area contributed by atoms with Gasteiger partial charge < -0.3 is 19.5 Å². The molecule has 2 N–H and O–H groups in total. The van der Waals surface area contributed by atoms with Crippen LogP contribution in [0.15, 0.2) is 48.7 Å². The van der Waals surface area contributed by atoms with Crippen LogP contribution in [0.1, 0.15) is 15.9 Å². The Balaban J connectivity index is 1.66. The molecule has 0 aliphatic rings. The van der Waals surface area contributed by atoms with Gasteiger partial charge in [0, 0.05) is 12.1 Å². The van der Waals surface area contributed by atoms with Crippen LogP contribution in [0.4, 0.5) is 0 Å². The van der Waals surface area contributed by atoms with Crippen LogP contribution in [-0.2, 0) is 6.42 Å². The van der Waals surface area contributed by atoms with E-state index in [1.54, 1.807) is 21.3 Å². The van der Waals surface area contributed by atoms with Crippen molar-refractivity contribution in [3.8, 4) is 28.5 Å². The average molecular weight is 381 g/mol. The Labute approximate surface area is 163 Å². The van der Waals surface area contributed by atoms with E-state index < -0.39 is 0 Å². The summed E-state index contributed by atoms with van der Waals surface area (Å²) in [6.07, 6.45) is 2.19. The Bertz CT molecular complexity index is 952. The third-order valence-corrected chi connectivity index (χ3v) is 4.39. The number of methoxy groups -OCH3 is 3. The lowest BCUT2D eigenvalue weighted by Gasteiger charge is -2.10. The number of carbonyl (C=O) groups is 1. The minimum Gasteiger partial charge on any atom is -0.497 e. The number of carbonyl (C=O) groups excluding carboxylic acids is 1. The second-order valence-corrected chi connectivity index (χ2v) is 6.09. The number of hydrogen-bond donors (Lipinski definition) is 2. The maximum atomic E-state index is 12.6. The molecule has 0 aliphatic carbocycles. The fourth-order valence-corrected chi connectivity index (χ4v) is 2.91. The maximum absolute atomic E-state index is 12.6. The first kappa shape index (κ1) is 19.3. The topological polar surface area (TPSA) is 85.5 Å². The standard InChI is InChI=1S/C21H23N3O4/c1-26-16-6-4-5-15(12-16)20-17(13-23-24-20)21(25)22-10-9-14-7-8-18(27-2)19(11-14)28-3/h4-8,11-13H,9-10H2,1-3H3,(H,22,25)(H,23,24). The van der Waals surface area contributed by atoms with Crippen LogP contribution in [0.5, 0.6) is 17.2 Å². The van der Waals surface area contributed by atoms with E-state index in [4.69, 9.17) is 14.2 Å². The molecule has 3 rings (SSSR count). The van der Waals surface area contributed by atoms with Gasteiger partial charge in [-0.1, -0.05) is 18.2 Å². The van der Waals surface area contributed by atoms with Gasteiger partial charge in [0.1, 0.15) is 5.75 Å².